The maximum Gasteiger partial charge on any atom is 0.187 e. The molecule has 1 rings (SSSR count). The predicted octanol–water partition coefficient (Wildman–Crippen LogP) is -1.04. The Morgan fingerprint density at radius 3 is 1.93 bits per heavy atom. The van der Waals surface area contributed by atoms with Crippen LogP contribution in [-0.2, 0) is 14.3 Å². The molecule has 1 aromatic carbocycles. The summed E-state index contributed by atoms with van der Waals surface area (Å²) < 4.78 is 13.9. The van der Waals surface area contributed by atoms with E-state index >= 15 is 0 Å². The van der Waals surface area contributed by atoms with Gasteiger partial charge in [-0.2, -0.15) is 0 Å². The van der Waals surface area contributed by atoms with Crippen molar-refractivity contribution in [3.63, 3.8) is 0 Å². The summed E-state index contributed by atoms with van der Waals surface area (Å²) in [6.07, 6.45) is 1.76. The number of rotatable bonds is 2. The molecule has 0 bridgehead atoms. The first-order valence-electron chi connectivity index (χ1n) is 4.18. The Morgan fingerprint density at radius 1 is 1.14 bits per heavy atom. The molecule has 0 aliphatic carbocycles. The number of benzene rings is 1. The van der Waals surface area contributed by atoms with E-state index in [1.54, 1.807) is 10.6 Å². The van der Waals surface area contributed by atoms with Crippen LogP contribution in [0.4, 0.5) is 0 Å². The predicted molar refractivity (Wildman–Crippen MR) is 57.1 cm³/mol. The molecule has 0 radical (unpaired) electrons. The van der Waals surface area contributed by atoms with Crippen molar-refractivity contribution in [2.75, 3.05) is 20.4 Å². The van der Waals surface area contributed by atoms with Crippen LogP contribution in [0.5, 0.6) is 0 Å². The van der Waals surface area contributed by atoms with E-state index in [9.17, 15) is 4.21 Å². The summed E-state index contributed by atoms with van der Waals surface area (Å²) in [7, 11) is 1.66. The zero-order valence-corrected chi connectivity index (χ0v) is 10.5. The van der Waals surface area contributed by atoms with E-state index in [0.29, 0.717) is 0 Å². The lowest BCUT2D eigenvalue weighted by atomic mass is 10.2. The van der Waals surface area contributed by atoms with E-state index in [-0.39, 0.29) is 12.4 Å². The Hall–Kier alpha value is -0.380. The van der Waals surface area contributed by atoms with Crippen molar-refractivity contribution in [2.24, 2.45) is 0 Å². The SMILES string of the molecule is Cc1ccc([S+](C)(=O)N(C)C)cc1.[Cl-]. The van der Waals surface area contributed by atoms with Gasteiger partial charge >= 0.3 is 0 Å². The highest BCUT2D eigenvalue weighted by molar-refractivity contribution is 8.00. The molecule has 0 saturated heterocycles. The van der Waals surface area contributed by atoms with Gasteiger partial charge in [-0.05, 0) is 19.1 Å². The fourth-order valence-corrected chi connectivity index (χ4v) is 2.06. The summed E-state index contributed by atoms with van der Waals surface area (Å²) >= 11 is 0. The standard InChI is InChI=1S/C10H16NOS.ClH/c1-9-5-7-10(8-6-9)13(4,12)11(2)3;/h5-8H,1-4H3;1H/q+1;/p-1. The number of halogens is 1. The van der Waals surface area contributed by atoms with Gasteiger partial charge in [0, 0.05) is 14.1 Å². The number of aryl methyl sites for hydroxylation is 1. The van der Waals surface area contributed by atoms with Gasteiger partial charge in [0.2, 0.25) is 0 Å². The number of nitrogens with zero attached hydrogens (tertiary/aromatic N) is 1. The number of hydrogen-bond acceptors (Lipinski definition) is 1. The van der Waals surface area contributed by atoms with Crippen LogP contribution in [0.2, 0.25) is 0 Å². The van der Waals surface area contributed by atoms with Crippen molar-refractivity contribution in [3.8, 4) is 0 Å². The summed E-state index contributed by atoms with van der Waals surface area (Å²) in [5, 5.41) is 0. The molecule has 14 heavy (non-hydrogen) atoms. The topological polar surface area (TPSA) is 20.3 Å². The smallest absolute Gasteiger partial charge is 0.187 e. The van der Waals surface area contributed by atoms with E-state index in [1.165, 1.54) is 5.56 Å². The Morgan fingerprint density at radius 2 is 1.57 bits per heavy atom. The summed E-state index contributed by atoms with van der Waals surface area (Å²) in [5.74, 6) is 0. The molecule has 0 spiro atoms. The van der Waals surface area contributed by atoms with Crippen LogP contribution in [-0.4, -0.2) is 24.7 Å². The fraction of sp³-hybridized carbons (Fsp3) is 0.400. The van der Waals surface area contributed by atoms with Crippen LogP contribution in [0.15, 0.2) is 29.2 Å². The van der Waals surface area contributed by atoms with E-state index in [4.69, 9.17) is 0 Å². The maximum atomic E-state index is 12.1. The second-order valence-corrected chi connectivity index (χ2v) is 6.23. The van der Waals surface area contributed by atoms with Crippen molar-refractivity contribution < 1.29 is 16.6 Å². The van der Waals surface area contributed by atoms with Gasteiger partial charge in [-0.15, -0.1) is 4.31 Å². The highest BCUT2D eigenvalue weighted by Gasteiger charge is 2.27. The molecule has 1 aromatic rings. The first-order valence-corrected chi connectivity index (χ1v) is 6.10. The monoisotopic (exact) mass is 233 g/mol. The van der Waals surface area contributed by atoms with Gasteiger partial charge in [0.05, 0.1) is 0 Å². The van der Waals surface area contributed by atoms with Crippen LogP contribution in [0.25, 0.3) is 0 Å². The average Bonchev–Trinajstić information content (AvgIpc) is 2.04. The van der Waals surface area contributed by atoms with Gasteiger partial charge in [0.1, 0.15) is 6.26 Å². The minimum absolute atomic E-state index is 0. The first kappa shape index (κ1) is 13.6. The van der Waals surface area contributed by atoms with E-state index in [1.807, 2.05) is 45.3 Å². The van der Waals surface area contributed by atoms with Gasteiger partial charge < -0.3 is 12.4 Å². The van der Waals surface area contributed by atoms with Crippen LogP contribution in [0, 0.1) is 6.92 Å². The van der Waals surface area contributed by atoms with Crippen molar-refractivity contribution >= 4 is 10.1 Å². The molecular weight excluding hydrogens is 218 g/mol. The van der Waals surface area contributed by atoms with Crippen molar-refractivity contribution in [1.29, 1.82) is 0 Å². The van der Waals surface area contributed by atoms with E-state index in [0.717, 1.165) is 4.90 Å². The third kappa shape index (κ3) is 2.80. The van der Waals surface area contributed by atoms with Gasteiger partial charge in [-0.1, -0.05) is 21.9 Å². The normalized spacial score (nSPS) is 14.6. The third-order valence-corrected chi connectivity index (χ3v) is 4.70. The maximum absolute atomic E-state index is 12.1. The van der Waals surface area contributed by atoms with Crippen LogP contribution in [0.1, 0.15) is 5.56 Å². The Balaban J connectivity index is 0.00000169. The molecule has 80 valence electrons. The Kier molecular flexibility index (Phi) is 4.78. The molecule has 1 atom stereocenters. The first-order chi connectivity index (χ1) is 5.94. The number of hydrogen-bond donors (Lipinski definition) is 0. The van der Waals surface area contributed by atoms with Crippen LogP contribution < -0.4 is 12.4 Å². The van der Waals surface area contributed by atoms with Crippen LogP contribution >= 0.6 is 0 Å². The molecule has 0 N–H and O–H groups in total. The van der Waals surface area contributed by atoms with Gasteiger partial charge in [0.25, 0.3) is 0 Å². The largest absolute Gasteiger partial charge is 1.00 e. The molecule has 0 aliphatic rings. The second kappa shape index (κ2) is 4.91. The zero-order valence-electron chi connectivity index (χ0n) is 8.95. The Labute approximate surface area is 93.3 Å². The summed E-state index contributed by atoms with van der Waals surface area (Å²) in [6.45, 7) is 2.02. The molecule has 0 amide bonds. The van der Waals surface area contributed by atoms with E-state index < -0.39 is 10.1 Å². The van der Waals surface area contributed by atoms with Crippen molar-refractivity contribution in [2.45, 2.75) is 11.8 Å². The van der Waals surface area contributed by atoms with Crippen molar-refractivity contribution in [3.05, 3.63) is 29.8 Å². The lowest BCUT2D eigenvalue weighted by Crippen LogP contribution is -3.00. The molecule has 0 saturated carbocycles. The quantitative estimate of drug-likeness (QED) is 0.598. The Bertz CT molecular complexity index is 334. The highest BCUT2D eigenvalue weighted by atomic mass is 35.5. The lowest BCUT2D eigenvalue weighted by Gasteiger charge is -2.12. The van der Waals surface area contributed by atoms with Crippen molar-refractivity contribution in [1.82, 2.24) is 4.31 Å². The molecule has 0 heterocycles. The third-order valence-electron chi connectivity index (χ3n) is 2.16. The highest BCUT2D eigenvalue weighted by Crippen LogP contribution is 2.18. The minimum Gasteiger partial charge on any atom is -1.00 e. The fourth-order valence-electron chi connectivity index (χ4n) is 1.00. The summed E-state index contributed by atoms with van der Waals surface area (Å²) in [4.78, 5) is 0.892. The molecule has 4 heteroatoms. The second-order valence-electron chi connectivity index (χ2n) is 3.43. The summed E-state index contributed by atoms with van der Waals surface area (Å²) in [6, 6.07) is 7.83. The van der Waals surface area contributed by atoms with Crippen LogP contribution in [0.3, 0.4) is 0 Å². The molecule has 2 nitrogen and oxygen atoms in total. The molecular formula is C10H16ClNOS. The molecule has 0 aliphatic heterocycles. The van der Waals surface area contributed by atoms with Gasteiger partial charge in [-0.25, -0.2) is 0 Å². The lowest BCUT2D eigenvalue weighted by molar-refractivity contribution is -0.00000431. The molecule has 1 unspecified atom stereocenters. The summed E-state index contributed by atoms with van der Waals surface area (Å²) in [5.41, 5.74) is 1.19. The van der Waals surface area contributed by atoms with E-state index in [2.05, 4.69) is 0 Å². The molecule has 0 aromatic heterocycles. The minimum atomic E-state index is -2.01. The molecule has 0 fully saturated rings. The zero-order chi connectivity index (χ0) is 10.1. The van der Waals surface area contributed by atoms with Gasteiger partial charge in [0.15, 0.2) is 15.0 Å². The van der Waals surface area contributed by atoms with Gasteiger partial charge in [-0.3, -0.25) is 0 Å². The average molecular weight is 234 g/mol.